The third-order valence-electron chi connectivity index (χ3n) is 6.17. The number of fused-ring (bicyclic) bond motifs is 1. The van der Waals surface area contributed by atoms with Crippen LogP contribution in [0.5, 0.6) is 0 Å². The Bertz CT molecular complexity index is 661. The van der Waals surface area contributed by atoms with Gasteiger partial charge in [-0.05, 0) is 62.9 Å². The fourth-order valence-corrected chi connectivity index (χ4v) is 4.59. The first-order valence-corrected chi connectivity index (χ1v) is 9.05. The van der Waals surface area contributed by atoms with E-state index in [0.717, 1.165) is 50.3 Å². The summed E-state index contributed by atoms with van der Waals surface area (Å²) in [6.07, 6.45) is 3.53. The minimum Gasteiger partial charge on any atom is -0.315 e. The molecule has 130 valence electrons. The van der Waals surface area contributed by atoms with Gasteiger partial charge in [-0.2, -0.15) is 0 Å². The van der Waals surface area contributed by atoms with Crippen molar-refractivity contribution in [1.29, 1.82) is 0 Å². The van der Waals surface area contributed by atoms with Crippen molar-refractivity contribution in [3.8, 4) is 0 Å². The van der Waals surface area contributed by atoms with Crippen molar-refractivity contribution in [2.75, 3.05) is 31.1 Å². The Morgan fingerprint density at radius 3 is 2.71 bits per heavy atom. The van der Waals surface area contributed by atoms with Crippen molar-refractivity contribution in [3.05, 3.63) is 29.1 Å². The predicted octanol–water partition coefficient (Wildman–Crippen LogP) is 2.24. The van der Waals surface area contributed by atoms with Gasteiger partial charge in [0.1, 0.15) is 5.82 Å². The summed E-state index contributed by atoms with van der Waals surface area (Å²) in [6.45, 7) is 8.33. The SMILES string of the molecule is Cc1cc2c(cc1F)CC(=O)N2C1CCN(C2(C)CCNC2)CC1. The first-order valence-electron chi connectivity index (χ1n) is 9.05. The van der Waals surface area contributed by atoms with E-state index in [1.54, 1.807) is 13.0 Å². The third-order valence-corrected chi connectivity index (χ3v) is 6.17. The Morgan fingerprint density at radius 2 is 2.04 bits per heavy atom. The number of anilines is 1. The van der Waals surface area contributed by atoms with Crippen LogP contribution in [0, 0.1) is 12.7 Å². The summed E-state index contributed by atoms with van der Waals surface area (Å²) in [4.78, 5) is 17.1. The summed E-state index contributed by atoms with van der Waals surface area (Å²) in [6, 6.07) is 3.64. The van der Waals surface area contributed by atoms with E-state index in [2.05, 4.69) is 17.1 Å². The lowest BCUT2D eigenvalue weighted by Gasteiger charge is -2.44. The first kappa shape index (κ1) is 16.0. The van der Waals surface area contributed by atoms with Crippen LogP contribution in [0.4, 0.5) is 10.1 Å². The highest BCUT2D eigenvalue weighted by Gasteiger charge is 2.40. The van der Waals surface area contributed by atoms with Crippen molar-refractivity contribution >= 4 is 11.6 Å². The number of carbonyl (C=O) groups excluding carboxylic acids is 1. The number of piperidine rings is 1. The highest BCUT2D eigenvalue weighted by atomic mass is 19.1. The number of rotatable bonds is 2. The van der Waals surface area contributed by atoms with Gasteiger partial charge in [-0.1, -0.05) is 0 Å². The number of nitrogens with one attached hydrogen (secondary N) is 1. The second-order valence-corrected chi connectivity index (χ2v) is 7.81. The monoisotopic (exact) mass is 331 g/mol. The van der Waals surface area contributed by atoms with Gasteiger partial charge < -0.3 is 10.2 Å². The zero-order valence-electron chi connectivity index (χ0n) is 14.6. The molecule has 0 aliphatic carbocycles. The number of halogens is 1. The first-order chi connectivity index (χ1) is 11.5. The standard InChI is InChI=1S/C19H26FN3O/c1-13-9-17-14(10-16(13)20)11-18(24)23(17)15-3-7-22(8-4-15)19(2)5-6-21-12-19/h9-10,15,21H,3-8,11-12H2,1-2H3. The van der Waals surface area contributed by atoms with Crippen LogP contribution in [0.3, 0.4) is 0 Å². The molecule has 1 aromatic carbocycles. The highest BCUT2D eigenvalue weighted by Crippen LogP contribution is 2.36. The molecule has 0 bridgehead atoms. The van der Waals surface area contributed by atoms with Crippen molar-refractivity contribution in [2.45, 2.75) is 51.1 Å². The molecule has 0 radical (unpaired) electrons. The molecule has 4 rings (SSSR count). The molecule has 0 spiro atoms. The summed E-state index contributed by atoms with van der Waals surface area (Å²) in [7, 11) is 0. The Labute approximate surface area is 143 Å². The van der Waals surface area contributed by atoms with Gasteiger partial charge in [0, 0.05) is 36.9 Å². The number of carbonyl (C=O) groups is 1. The van der Waals surface area contributed by atoms with Crippen LogP contribution in [0.2, 0.25) is 0 Å². The Hall–Kier alpha value is -1.46. The van der Waals surface area contributed by atoms with E-state index < -0.39 is 0 Å². The minimum atomic E-state index is -0.208. The number of amides is 1. The molecule has 2 fully saturated rings. The van der Waals surface area contributed by atoms with Gasteiger partial charge in [-0.25, -0.2) is 4.39 Å². The van der Waals surface area contributed by atoms with Gasteiger partial charge in [0.25, 0.3) is 0 Å². The van der Waals surface area contributed by atoms with E-state index >= 15 is 0 Å². The van der Waals surface area contributed by atoms with E-state index in [4.69, 9.17) is 0 Å². The van der Waals surface area contributed by atoms with Crippen LogP contribution in [0.1, 0.15) is 37.3 Å². The normalized spacial score (nSPS) is 28.6. The quantitative estimate of drug-likeness (QED) is 0.903. The number of aryl methyl sites for hydroxylation is 1. The Balaban J connectivity index is 1.50. The maximum atomic E-state index is 13.8. The minimum absolute atomic E-state index is 0.127. The van der Waals surface area contributed by atoms with Gasteiger partial charge in [-0.15, -0.1) is 0 Å². The van der Waals surface area contributed by atoms with Gasteiger partial charge >= 0.3 is 0 Å². The van der Waals surface area contributed by atoms with Crippen LogP contribution in [-0.4, -0.2) is 48.6 Å². The molecule has 1 unspecified atom stereocenters. The lowest BCUT2D eigenvalue weighted by molar-refractivity contribution is -0.118. The van der Waals surface area contributed by atoms with Crippen LogP contribution < -0.4 is 10.2 Å². The van der Waals surface area contributed by atoms with E-state index in [9.17, 15) is 9.18 Å². The van der Waals surface area contributed by atoms with E-state index in [0.29, 0.717) is 12.0 Å². The number of nitrogens with zero attached hydrogens (tertiary/aromatic N) is 2. The zero-order chi connectivity index (χ0) is 16.9. The van der Waals surface area contributed by atoms with Crippen molar-refractivity contribution in [3.63, 3.8) is 0 Å². The summed E-state index contributed by atoms with van der Waals surface area (Å²) in [5, 5.41) is 3.47. The Kier molecular flexibility index (Phi) is 3.88. The van der Waals surface area contributed by atoms with Crippen molar-refractivity contribution in [2.24, 2.45) is 0 Å². The van der Waals surface area contributed by atoms with E-state index in [-0.39, 0.29) is 23.3 Å². The van der Waals surface area contributed by atoms with Gasteiger partial charge in [0.15, 0.2) is 0 Å². The molecule has 0 aromatic heterocycles. The lowest BCUT2D eigenvalue weighted by atomic mass is 9.93. The molecule has 2 saturated heterocycles. The van der Waals surface area contributed by atoms with Crippen LogP contribution in [-0.2, 0) is 11.2 Å². The van der Waals surface area contributed by atoms with Gasteiger partial charge in [-0.3, -0.25) is 9.69 Å². The fraction of sp³-hybridized carbons (Fsp3) is 0.632. The lowest BCUT2D eigenvalue weighted by Crippen LogP contribution is -2.54. The van der Waals surface area contributed by atoms with Gasteiger partial charge in [0.05, 0.1) is 6.42 Å². The predicted molar refractivity (Wildman–Crippen MR) is 92.8 cm³/mol. The van der Waals surface area contributed by atoms with Crippen LogP contribution >= 0.6 is 0 Å². The Morgan fingerprint density at radius 1 is 1.29 bits per heavy atom. The average molecular weight is 331 g/mol. The topological polar surface area (TPSA) is 35.6 Å². The molecule has 3 aliphatic heterocycles. The van der Waals surface area contributed by atoms with Crippen molar-refractivity contribution in [1.82, 2.24) is 10.2 Å². The molecule has 24 heavy (non-hydrogen) atoms. The fourth-order valence-electron chi connectivity index (χ4n) is 4.59. The van der Waals surface area contributed by atoms with Crippen LogP contribution in [0.15, 0.2) is 12.1 Å². The van der Waals surface area contributed by atoms with Crippen LogP contribution in [0.25, 0.3) is 0 Å². The molecule has 1 aromatic rings. The number of hydrogen-bond acceptors (Lipinski definition) is 3. The number of likely N-dealkylation sites (tertiary alicyclic amines) is 1. The summed E-state index contributed by atoms with van der Waals surface area (Å²) < 4.78 is 13.8. The second kappa shape index (κ2) is 5.81. The summed E-state index contributed by atoms with van der Waals surface area (Å²) in [5.74, 6) is -0.0814. The molecule has 1 atom stereocenters. The maximum Gasteiger partial charge on any atom is 0.231 e. The molecule has 1 amide bonds. The molecule has 4 nitrogen and oxygen atoms in total. The maximum absolute atomic E-state index is 13.8. The average Bonchev–Trinajstić information content (AvgIpc) is 3.12. The molecule has 5 heteroatoms. The molecule has 3 heterocycles. The molecule has 3 aliphatic rings. The smallest absolute Gasteiger partial charge is 0.231 e. The summed E-state index contributed by atoms with van der Waals surface area (Å²) in [5.41, 5.74) is 2.66. The largest absolute Gasteiger partial charge is 0.315 e. The molecular weight excluding hydrogens is 305 g/mol. The second-order valence-electron chi connectivity index (χ2n) is 7.81. The van der Waals surface area contributed by atoms with E-state index in [1.165, 1.54) is 6.42 Å². The molecular formula is C19H26FN3O. The third kappa shape index (κ3) is 2.54. The highest BCUT2D eigenvalue weighted by molar-refractivity contribution is 6.02. The molecule has 0 saturated carbocycles. The molecule has 1 N–H and O–H groups in total. The van der Waals surface area contributed by atoms with Gasteiger partial charge in [0.2, 0.25) is 5.91 Å². The summed E-state index contributed by atoms with van der Waals surface area (Å²) >= 11 is 0. The van der Waals surface area contributed by atoms with E-state index in [1.807, 2.05) is 11.0 Å². The number of benzene rings is 1. The zero-order valence-corrected chi connectivity index (χ0v) is 14.6. The van der Waals surface area contributed by atoms with Crippen molar-refractivity contribution < 1.29 is 9.18 Å². The number of hydrogen-bond donors (Lipinski definition) is 1.